The molecule has 0 atom stereocenters. The number of aryl methyl sites for hydroxylation is 1. The Hall–Kier alpha value is -3.59. The van der Waals surface area contributed by atoms with E-state index in [1.54, 1.807) is 36.4 Å². The van der Waals surface area contributed by atoms with Crippen LogP contribution in [0.1, 0.15) is 21.5 Å². The van der Waals surface area contributed by atoms with E-state index in [0.29, 0.717) is 26.7 Å². The molecule has 0 fully saturated rings. The maximum absolute atomic E-state index is 13.0. The van der Waals surface area contributed by atoms with Crippen LogP contribution in [0.15, 0.2) is 112 Å². The molecule has 0 spiro atoms. The van der Waals surface area contributed by atoms with Crippen molar-refractivity contribution in [1.82, 2.24) is 4.98 Å². The Morgan fingerprint density at radius 3 is 2.16 bits per heavy atom. The lowest BCUT2D eigenvalue weighted by atomic mass is 10.1. The average molecular weight is 604 g/mol. The number of amides is 1. The Morgan fingerprint density at radius 1 is 0.842 bits per heavy atom. The monoisotopic (exact) mass is 602 g/mol. The highest BCUT2D eigenvalue weighted by Gasteiger charge is 2.19. The molecule has 0 aliphatic heterocycles. The standard InChI is InChI=1S/C30H23BrN2O3S2/c1-20-7-17-26(18-8-20)38(35,36)19-21-9-11-24(12-10-21)29-32-27(22-5-3-2-4-6-22)30(37-29)33-28(34)23-13-15-25(31)16-14-23/h2-18H,19H2,1H3,(H,33,34). The molecular formula is C30H23BrN2O3S2. The van der Waals surface area contributed by atoms with E-state index in [9.17, 15) is 13.2 Å². The first-order valence-electron chi connectivity index (χ1n) is 11.8. The van der Waals surface area contributed by atoms with Crippen molar-refractivity contribution in [3.8, 4) is 21.8 Å². The highest BCUT2D eigenvalue weighted by molar-refractivity contribution is 9.10. The average Bonchev–Trinajstić information content (AvgIpc) is 3.33. The Bertz CT molecular complexity index is 1680. The molecule has 38 heavy (non-hydrogen) atoms. The van der Waals surface area contributed by atoms with Crippen LogP contribution in [0.2, 0.25) is 0 Å². The Balaban J connectivity index is 1.42. The zero-order chi connectivity index (χ0) is 26.7. The van der Waals surface area contributed by atoms with Gasteiger partial charge in [0.15, 0.2) is 9.84 Å². The molecule has 0 aliphatic rings. The molecule has 0 bridgehead atoms. The zero-order valence-corrected chi connectivity index (χ0v) is 23.6. The van der Waals surface area contributed by atoms with Gasteiger partial charge in [-0.25, -0.2) is 13.4 Å². The first-order valence-corrected chi connectivity index (χ1v) is 15.1. The maximum Gasteiger partial charge on any atom is 0.256 e. The molecule has 0 unspecified atom stereocenters. The number of nitrogens with one attached hydrogen (secondary N) is 1. The summed E-state index contributed by atoms with van der Waals surface area (Å²) in [4.78, 5) is 18.1. The van der Waals surface area contributed by atoms with E-state index in [-0.39, 0.29) is 11.7 Å². The lowest BCUT2D eigenvalue weighted by molar-refractivity contribution is 0.102. The molecule has 5 nitrogen and oxygen atoms in total. The molecule has 5 rings (SSSR count). The number of benzene rings is 4. The number of carbonyl (C=O) groups is 1. The number of carbonyl (C=O) groups excluding carboxylic acids is 1. The molecule has 1 aromatic heterocycles. The Labute approximate surface area is 234 Å². The van der Waals surface area contributed by atoms with E-state index >= 15 is 0 Å². The molecule has 0 aliphatic carbocycles. The van der Waals surface area contributed by atoms with E-state index in [1.165, 1.54) is 11.3 Å². The minimum Gasteiger partial charge on any atom is -0.312 e. The summed E-state index contributed by atoms with van der Waals surface area (Å²) in [7, 11) is -3.45. The molecule has 0 saturated carbocycles. The summed E-state index contributed by atoms with van der Waals surface area (Å²) in [6.45, 7) is 1.93. The van der Waals surface area contributed by atoms with Gasteiger partial charge in [0, 0.05) is 21.2 Å². The van der Waals surface area contributed by atoms with Gasteiger partial charge in [0.05, 0.1) is 10.6 Å². The van der Waals surface area contributed by atoms with Gasteiger partial charge in [0.25, 0.3) is 5.91 Å². The fraction of sp³-hybridized carbons (Fsp3) is 0.0667. The molecule has 0 radical (unpaired) electrons. The molecule has 1 heterocycles. The Kier molecular flexibility index (Phi) is 7.56. The molecule has 5 aromatic rings. The van der Waals surface area contributed by atoms with Crippen molar-refractivity contribution < 1.29 is 13.2 Å². The first kappa shape index (κ1) is 26.0. The van der Waals surface area contributed by atoms with Gasteiger partial charge in [0.2, 0.25) is 0 Å². The number of hydrogen-bond donors (Lipinski definition) is 1. The Morgan fingerprint density at radius 2 is 1.50 bits per heavy atom. The topological polar surface area (TPSA) is 76.1 Å². The fourth-order valence-corrected chi connectivity index (χ4v) is 6.49. The number of rotatable bonds is 7. The van der Waals surface area contributed by atoms with Gasteiger partial charge in [-0.15, -0.1) is 0 Å². The van der Waals surface area contributed by atoms with Crippen LogP contribution in [0.3, 0.4) is 0 Å². The van der Waals surface area contributed by atoms with Gasteiger partial charge in [0.1, 0.15) is 15.7 Å². The summed E-state index contributed by atoms with van der Waals surface area (Å²) in [5.41, 5.74) is 4.66. The van der Waals surface area contributed by atoms with Crippen molar-refractivity contribution in [1.29, 1.82) is 0 Å². The van der Waals surface area contributed by atoms with Gasteiger partial charge in [-0.2, -0.15) is 0 Å². The number of thiazole rings is 1. The number of halogens is 1. The second-order valence-corrected chi connectivity index (χ2v) is 12.7. The van der Waals surface area contributed by atoms with Crippen LogP contribution in [-0.2, 0) is 15.6 Å². The zero-order valence-electron chi connectivity index (χ0n) is 20.4. The molecule has 1 amide bonds. The summed E-state index contributed by atoms with van der Waals surface area (Å²) in [5, 5.41) is 4.39. The minimum absolute atomic E-state index is 0.0853. The van der Waals surface area contributed by atoms with E-state index in [4.69, 9.17) is 4.98 Å². The molecule has 8 heteroatoms. The minimum atomic E-state index is -3.45. The lowest BCUT2D eigenvalue weighted by Crippen LogP contribution is -2.11. The van der Waals surface area contributed by atoms with Gasteiger partial charge >= 0.3 is 0 Å². The van der Waals surface area contributed by atoms with E-state index in [2.05, 4.69) is 21.2 Å². The fourth-order valence-electron chi connectivity index (χ4n) is 3.89. The predicted octanol–water partition coefficient (Wildman–Crippen LogP) is 7.77. The van der Waals surface area contributed by atoms with Crippen molar-refractivity contribution >= 4 is 48.0 Å². The third kappa shape index (κ3) is 5.93. The third-order valence-corrected chi connectivity index (χ3v) is 9.20. The second kappa shape index (κ2) is 11.0. The second-order valence-electron chi connectivity index (χ2n) is 8.79. The van der Waals surface area contributed by atoms with Crippen LogP contribution in [0.25, 0.3) is 21.8 Å². The lowest BCUT2D eigenvalue weighted by Gasteiger charge is -2.06. The molecular weight excluding hydrogens is 580 g/mol. The van der Waals surface area contributed by atoms with Gasteiger partial charge in [-0.05, 0) is 48.9 Å². The van der Waals surface area contributed by atoms with Crippen LogP contribution in [0.4, 0.5) is 5.00 Å². The van der Waals surface area contributed by atoms with Gasteiger partial charge in [-0.1, -0.05) is 99.6 Å². The molecule has 4 aromatic carbocycles. The van der Waals surface area contributed by atoms with Gasteiger partial charge < -0.3 is 5.32 Å². The van der Waals surface area contributed by atoms with Crippen molar-refractivity contribution in [2.45, 2.75) is 17.6 Å². The van der Waals surface area contributed by atoms with Crippen LogP contribution < -0.4 is 5.32 Å². The largest absolute Gasteiger partial charge is 0.312 e. The summed E-state index contributed by atoms with van der Waals surface area (Å²) >= 11 is 4.78. The number of sulfone groups is 1. The summed E-state index contributed by atoms with van der Waals surface area (Å²) in [6, 6.07) is 31.1. The summed E-state index contributed by atoms with van der Waals surface area (Å²) in [6.07, 6.45) is 0. The number of aromatic nitrogens is 1. The highest BCUT2D eigenvalue weighted by Crippen LogP contribution is 2.38. The van der Waals surface area contributed by atoms with Crippen LogP contribution in [0.5, 0.6) is 0 Å². The van der Waals surface area contributed by atoms with Crippen LogP contribution >= 0.6 is 27.3 Å². The summed E-state index contributed by atoms with van der Waals surface area (Å²) < 4.78 is 26.6. The number of nitrogens with zero attached hydrogens (tertiary/aromatic N) is 1. The summed E-state index contributed by atoms with van der Waals surface area (Å²) in [5.74, 6) is -0.306. The molecule has 1 N–H and O–H groups in total. The van der Waals surface area contributed by atoms with E-state index < -0.39 is 9.84 Å². The van der Waals surface area contributed by atoms with Crippen LogP contribution in [-0.4, -0.2) is 19.3 Å². The van der Waals surface area contributed by atoms with Crippen molar-refractivity contribution in [2.24, 2.45) is 0 Å². The van der Waals surface area contributed by atoms with Crippen molar-refractivity contribution in [3.63, 3.8) is 0 Å². The quantitative estimate of drug-likeness (QED) is 0.206. The molecule has 0 saturated heterocycles. The van der Waals surface area contributed by atoms with Gasteiger partial charge in [-0.3, -0.25) is 4.79 Å². The normalized spacial score (nSPS) is 11.3. The maximum atomic E-state index is 13.0. The third-order valence-electron chi connectivity index (χ3n) is 5.95. The smallest absolute Gasteiger partial charge is 0.256 e. The molecule has 190 valence electrons. The number of anilines is 1. The van der Waals surface area contributed by atoms with Crippen molar-refractivity contribution in [3.05, 3.63) is 124 Å². The van der Waals surface area contributed by atoms with Crippen LogP contribution in [0, 0.1) is 6.92 Å². The SMILES string of the molecule is Cc1ccc(S(=O)(=O)Cc2ccc(-c3nc(-c4ccccc4)c(NC(=O)c4ccc(Br)cc4)s3)cc2)cc1. The predicted molar refractivity (Wildman–Crippen MR) is 157 cm³/mol. The van der Waals surface area contributed by atoms with E-state index in [1.807, 2.05) is 73.7 Å². The van der Waals surface area contributed by atoms with Crippen molar-refractivity contribution in [2.75, 3.05) is 5.32 Å². The first-order chi connectivity index (χ1) is 18.3. The number of hydrogen-bond acceptors (Lipinski definition) is 5. The van der Waals surface area contributed by atoms with E-state index in [0.717, 1.165) is 26.2 Å². The highest BCUT2D eigenvalue weighted by atomic mass is 79.9.